The molecule has 1 saturated carbocycles. The molecule has 1 aromatic carbocycles. The van der Waals surface area contributed by atoms with Gasteiger partial charge in [0.05, 0.1) is 0 Å². The predicted octanol–water partition coefficient (Wildman–Crippen LogP) is 4.52. The lowest BCUT2D eigenvalue weighted by Crippen LogP contribution is -2.31. The lowest BCUT2D eigenvalue weighted by atomic mass is 10.0. The van der Waals surface area contributed by atoms with Crippen LogP contribution in [-0.4, -0.2) is 19.6 Å². The first-order chi connectivity index (χ1) is 9.77. The molecule has 1 aromatic rings. The molecule has 0 bridgehead atoms. The fourth-order valence-electron chi connectivity index (χ4n) is 3.38. The lowest BCUT2D eigenvalue weighted by molar-refractivity contribution is 0.516. The summed E-state index contributed by atoms with van der Waals surface area (Å²) in [7, 11) is 2.28. The Kier molecular flexibility index (Phi) is 5.90. The van der Waals surface area contributed by atoms with Crippen LogP contribution in [0, 0.1) is 0 Å². The molecule has 1 aliphatic rings. The second-order valence-corrected chi connectivity index (χ2v) is 6.02. The van der Waals surface area contributed by atoms with Crippen molar-refractivity contribution in [2.75, 3.05) is 18.5 Å². The number of hydrogen-bond acceptors (Lipinski definition) is 2. The highest BCUT2D eigenvalue weighted by Crippen LogP contribution is 2.32. The van der Waals surface area contributed by atoms with Crippen molar-refractivity contribution >= 4 is 5.69 Å². The van der Waals surface area contributed by atoms with Gasteiger partial charge in [0.2, 0.25) is 0 Å². The summed E-state index contributed by atoms with van der Waals surface area (Å²) in [5.74, 6) is 0. The van der Waals surface area contributed by atoms with Crippen molar-refractivity contribution in [3.63, 3.8) is 0 Å². The third-order valence-electron chi connectivity index (χ3n) is 4.61. The topological polar surface area (TPSA) is 15.3 Å². The van der Waals surface area contributed by atoms with Crippen molar-refractivity contribution in [3.8, 4) is 0 Å². The molecule has 0 spiro atoms. The van der Waals surface area contributed by atoms with Crippen molar-refractivity contribution in [1.82, 2.24) is 5.32 Å². The van der Waals surface area contributed by atoms with E-state index in [-0.39, 0.29) is 0 Å². The monoisotopic (exact) mass is 274 g/mol. The standard InChI is InChI=1S/C18H30N2/c1-4-14-19-17(5-2)16-12-8-9-13-18(16)20(3)15-10-6-7-11-15/h8-9,12-13,15,17,19H,4-7,10-11,14H2,1-3H3. The van der Waals surface area contributed by atoms with Crippen LogP contribution in [0.15, 0.2) is 24.3 Å². The lowest BCUT2D eigenvalue weighted by Gasteiger charge is -2.31. The minimum atomic E-state index is 0.481. The SMILES string of the molecule is CCCNC(CC)c1ccccc1N(C)C1CCCC1. The number of para-hydroxylation sites is 1. The van der Waals surface area contributed by atoms with Crippen LogP contribution in [0.1, 0.15) is 64.0 Å². The van der Waals surface area contributed by atoms with Crippen LogP contribution < -0.4 is 10.2 Å². The Morgan fingerprint density at radius 1 is 1.20 bits per heavy atom. The number of nitrogens with zero attached hydrogens (tertiary/aromatic N) is 1. The van der Waals surface area contributed by atoms with Gasteiger partial charge in [-0.1, -0.05) is 44.9 Å². The molecule has 2 nitrogen and oxygen atoms in total. The van der Waals surface area contributed by atoms with Crippen molar-refractivity contribution in [2.24, 2.45) is 0 Å². The molecule has 0 radical (unpaired) electrons. The highest BCUT2D eigenvalue weighted by molar-refractivity contribution is 5.55. The summed E-state index contributed by atoms with van der Waals surface area (Å²) in [6, 6.07) is 10.2. The van der Waals surface area contributed by atoms with Crippen LogP contribution in [0.25, 0.3) is 0 Å². The zero-order valence-corrected chi connectivity index (χ0v) is 13.4. The Bertz CT molecular complexity index is 396. The Morgan fingerprint density at radius 2 is 1.90 bits per heavy atom. The van der Waals surface area contributed by atoms with E-state index in [1.54, 1.807) is 0 Å². The summed E-state index contributed by atoms with van der Waals surface area (Å²) in [6.07, 6.45) is 7.83. The first-order valence-corrected chi connectivity index (χ1v) is 8.33. The molecule has 0 aliphatic heterocycles. The molecule has 20 heavy (non-hydrogen) atoms. The second kappa shape index (κ2) is 7.68. The minimum absolute atomic E-state index is 0.481. The van der Waals surface area contributed by atoms with Crippen LogP contribution in [0.3, 0.4) is 0 Å². The largest absolute Gasteiger partial charge is 0.371 e. The highest BCUT2D eigenvalue weighted by Gasteiger charge is 2.23. The summed E-state index contributed by atoms with van der Waals surface area (Å²) < 4.78 is 0. The van der Waals surface area contributed by atoms with Gasteiger partial charge in [-0.15, -0.1) is 0 Å². The summed E-state index contributed by atoms with van der Waals surface area (Å²) in [5.41, 5.74) is 2.90. The van der Waals surface area contributed by atoms with Crippen LogP contribution in [0.4, 0.5) is 5.69 Å². The van der Waals surface area contributed by atoms with E-state index in [1.807, 2.05) is 0 Å². The predicted molar refractivity (Wildman–Crippen MR) is 88.4 cm³/mol. The molecule has 1 unspecified atom stereocenters. The Hall–Kier alpha value is -1.02. The van der Waals surface area contributed by atoms with Crippen LogP contribution in [-0.2, 0) is 0 Å². The fraction of sp³-hybridized carbons (Fsp3) is 0.667. The average molecular weight is 274 g/mol. The molecule has 0 saturated heterocycles. The molecule has 0 amide bonds. The fourth-order valence-corrected chi connectivity index (χ4v) is 3.38. The van der Waals surface area contributed by atoms with Gasteiger partial charge < -0.3 is 10.2 Å². The van der Waals surface area contributed by atoms with Gasteiger partial charge in [0.1, 0.15) is 0 Å². The molecule has 1 atom stereocenters. The Labute approximate surface area is 124 Å². The number of nitrogens with one attached hydrogen (secondary N) is 1. The second-order valence-electron chi connectivity index (χ2n) is 6.02. The quantitative estimate of drug-likeness (QED) is 0.786. The first-order valence-electron chi connectivity index (χ1n) is 8.33. The van der Waals surface area contributed by atoms with E-state index >= 15 is 0 Å². The molecular formula is C18H30N2. The van der Waals surface area contributed by atoms with E-state index in [1.165, 1.54) is 43.4 Å². The van der Waals surface area contributed by atoms with E-state index in [2.05, 4.69) is 55.4 Å². The molecule has 2 rings (SSSR count). The number of rotatable bonds is 7. The first kappa shape index (κ1) is 15.4. The molecular weight excluding hydrogens is 244 g/mol. The van der Waals surface area contributed by atoms with E-state index in [0.29, 0.717) is 6.04 Å². The molecule has 112 valence electrons. The van der Waals surface area contributed by atoms with Crippen molar-refractivity contribution < 1.29 is 0 Å². The van der Waals surface area contributed by atoms with Crippen molar-refractivity contribution in [2.45, 2.75) is 64.5 Å². The third kappa shape index (κ3) is 3.54. The van der Waals surface area contributed by atoms with Crippen LogP contribution in [0.5, 0.6) is 0 Å². The van der Waals surface area contributed by atoms with Crippen molar-refractivity contribution in [3.05, 3.63) is 29.8 Å². The molecule has 2 heteroatoms. The van der Waals surface area contributed by atoms with Crippen molar-refractivity contribution in [1.29, 1.82) is 0 Å². The molecule has 1 fully saturated rings. The van der Waals surface area contributed by atoms with Gasteiger partial charge in [-0.05, 0) is 43.9 Å². The summed E-state index contributed by atoms with van der Waals surface area (Å²) >= 11 is 0. The van der Waals surface area contributed by atoms with Gasteiger partial charge in [0, 0.05) is 24.8 Å². The maximum Gasteiger partial charge on any atom is 0.0414 e. The maximum absolute atomic E-state index is 3.69. The summed E-state index contributed by atoms with van der Waals surface area (Å²) in [4.78, 5) is 2.53. The molecule has 1 N–H and O–H groups in total. The molecule has 1 aliphatic carbocycles. The van der Waals surface area contributed by atoms with Crippen LogP contribution >= 0.6 is 0 Å². The maximum atomic E-state index is 3.69. The number of hydrogen-bond donors (Lipinski definition) is 1. The van der Waals surface area contributed by atoms with Gasteiger partial charge in [-0.25, -0.2) is 0 Å². The van der Waals surface area contributed by atoms with Gasteiger partial charge >= 0.3 is 0 Å². The van der Waals surface area contributed by atoms with E-state index in [0.717, 1.165) is 19.0 Å². The summed E-state index contributed by atoms with van der Waals surface area (Å²) in [6.45, 7) is 5.61. The van der Waals surface area contributed by atoms with Gasteiger partial charge in [-0.2, -0.15) is 0 Å². The third-order valence-corrected chi connectivity index (χ3v) is 4.61. The number of anilines is 1. The molecule has 0 aromatic heterocycles. The van der Waals surface area contributed by atoms with E-state index in [4.69, 9.17) is 0 Å². The summed E-state index contributed by atoms with van der Waals surface area (Å²) in [5, 5.41) is 3.69. The highest BCUT2D eigenvalue weighted by atomic mass is 15.1. The zero-order chi connectivity index (χ0) is 14.4. The zero-order valence-electron chi connectivity index (χ0n) is 13.4. The van der Waals surface area contributed by atoms with Gasteiger partial charge in [0.15, 0.2) is 0 Å². The van der Waals surface area contributed by atoms with Gasteiger partial charge in [0.25, 0.3) is 0 Å². The Morgan fingerprint density at radius 3 is 2.55 bits per heavy atom. The van der Waals surface area contributed by atoms with Gasteiger partial charge in [-0.3, -0.25) is 0 Å². The van der Waals surface area contributed by atoms with E-state index in [9.17, 15) is 0 Å². The number of benzene rings is 1. The Balaban J connectivity index is 2.19. The van der Waals surface area contributed by atoms with Crippen LogP contribution in [0.2, 0.25) is 0 Å². The molecule has 0 heterocycles. The average Bonchev–Trinajstić information content (AvgIpc) is 3.02. The smallest absolute Gasteiger partial charge is 0.0414 e. The van der Waals surface area contributed by atoms with E-state index < -0.39 is 0 Å². The normalized spacial score (nSPS) is 17.4. The minimum Gasteiger partial charge on any atom is -0.371 e.